The van der Waals surface area contributed by atoms with Gasteiger partial charge < -0.3 is 5.32 Å². The second kappa shape index (κ2) is 6.18. The first-order valence-electron chi connectivity index (χ1n) is 7.21. The van der Waals surface area contributed by atoms with Crippen LogP contribution in [0.3, 0.4) is 0 Å². The lowest BCUT2D eigenvalue weighted by molar-refractivity contribution is -0.133. The van der Waals surface area contributed by atoms with E-state index in [4.69, 9.17) is 0 Å². The molecule has 1 saturated heterocycles. The molecule has 1 aliphatic heterocycles. The van der Waals surface area contributed by atoms with Crippen molar-refractivity contribution in [1.82, 2.24) is 5.32 Å². The van der Waals surface area contributed by atoms with Crippen LogP contribution in [-0.2, 0) is 9.59 Å². The van der Waals surface area contributed by atoms with Crippen LogP contribution in [0, 0.1) is 12.8 Å². The van der Waals surface area contributed by atoms with Gasteiger partial charge in [-0.15, -0.1) is 0 Å². The molecule has 1 aliphatic rings. The molecular weight excluding hydrogens is 332 g/mol. The Bertz CT molecular complexity index is 571. The molecular formula is C16H21BrN2O2. The smallest absolute Gasteiger partial charge is 0.250 e. The molecule has 1 heterocycles. The highest BCUT2D eigenvalue weighted by Gasteiger charge is 2.39. The van der Waals surface area contributed by atoms with E-state index >= 15 is 0 Å². The summed E-state index contributed by atoms with van der Waals surface area (Å²) in [6.45, 7) is 7.84. The highest BCUT2D eigenvalue weighted by molar-refractivity contribution is 9.10. The lowest BCUT2D eigenvalue weighted by atomic mass is 9.98. The Hall–Kier alpha value is -1.36. The number of hydrogen-bond donors (Lipinski definition) is 1. The van der Waals surface area contributed by atoms with Gasteiger partial charge in [-0.1, -0.05) is 35.8 Å². The molecule has 2 unspecified atom stereocenters. The Morgan fingerprint density at radius 3 is 2.57 bits per heavy atom. The highest BCUT2D eigenvalue weighted by Crippen LogP contribution is 2.28. The standard InChI is InChI=1S/C16H21BrN2O2/c1-9(2)7-14-16(21)19(11(4)15(20)18-14)12-6-5-10(3)13(17)8-12/h5-6,8-9,11,14H,7H2,1-4H3,(H,18,20). The van der Waals surface area contributed by atoms with Crippen molar-refractivity contribution in [3.05, 3.63) is 28.2 Å². The van der Waals surface area contributed by atoms with Gasteiger partial charge in [-0.2, -0.15) is 0 Å². The van der Waals surface area contributed by atoms with Crippen molar-refractivity contribution in [2.24, 2.45) is 5.92 Å². The Balaban J connectivity index is 2.36. The lowest BCUT2D eigenvalue weighted by Crippen LogP contribution is -2.63. The molecule has 1 aromatic rings. The number of anilines is 1. The molecule has 0 bridgehead atoms. The van der Waals surface area contributed by atoms with Crippen molar-refractivity contribution < 1.29 is 9.59 Å². The summed E-state index contributed by atoms with van der Waals surface area (Å²) in [6.07, 6.45) is 0.654. The Labute approximate surface area is 134 Å². The van der Waals surface area contributed by atoms with E-state index in [1.165, 1.54) is 0 Å². The number of nitrogens with zero attached hydrogens (tertiary/aromatic N) is 1. The summed E-state index contributed by atoms with van der Waals surface area (Å²) < 4.78 is 0.936. The van der Waals surface area contributed by atoms with Gasteiger partial charge in [0.05, 0.1) is 0 Å². The normalized spacial score (nSPS) is 22.7. The maximum absolute atomic E-state index is 12.7. The fourth-order valence-corrected chi connectivity index (χ4v) is 2.91. The van der Waals surface area contributed by atoms with E-state index in [-0.39, 0.29) is 11.8 Å². The van der Waals surface area contributed by atoms with Crippen molar-refractivity contribution >= 4 is 33.4 Å². The van der Waals surface area contributed by atoms with E-state index in [9.17, 15) is 9.59 Å². The van der Waals surface area contributed by atoms with E-state index in [1.807, 2.05) is 39.0 Å². The predicted octanol–water partition coefficient (Wildman–Crippen LogP) is 3.02. The SMILES string of the molecule is Cc1ccc(N2C(=O)C(CC(C)C)NC(=O)C2C)cc1Br. The minimum atomic E-state index is -0.490. The molecule has 2 atom stereocenters. The fourth-order valence-electron chi connectivity index (χ4n) is 2.54. The van der Waals surface area contributed by atoms with Crippen LogP contribution in [0.4, 0.5) is 5.69 Å². The van der Waals surface area contributed by atoms with E-state index in [0.29, 0.717) is 12.3 Å². The van der Waals surface area contributed by atoms with Crippen LogP contribution in [0.15, 0.2) is 22.7 Å². The summed E-state index contributed by atoms with van der Waals surface area (Å²) in [7, 11) is 0. The first-order valence-corrected chi connectivity index (χ1v) is 8.00. The number of rotatable bonds is 3. The average Bonchev–Trinajstić information content (AvgIpc) is 2.40. The van der Waals surface area contributed by atoms with Crippen LogP contribution >= 0.6 is 15.9 Å². The molecule has 0 aromatic heterocycles. The maximum atomic E-state index is 12.7. The highest BCUT2D eigenvalue weighted by atomic mass is 79.9. The molecule has 2 rings (SSSR count). The second-order valence-corrected chi connectivity index (χ2v) is 6.86. The molecule has 1 N–H and O–H groups in total. The second-order valence-electron chi connectivity index (χ2n) is 6.01. The van der Waals surface area contributed by atoms with Gasteiger partial charge in [-0.25, -0.2) is 0 Å². The minimum absolute atomic E-state index is 0.0356. The van der Waals surface area contributed by atoms with Crippen molar-refractivity contribution in [2.45, 2.75) is 46.2 Å². The molecule has 5 heteroatoms. The zero-order chi connectivity index (χ0) is 15.7. The van der Waals surface area contributed by atoms with Crippen LogP contribution in [-0.4, -0.2) is 23.9 Å². The number of benzene rings is 1. The van der Waals surface area contributed by atoms with E-state index in [2.05, 4.69) is 21.2 Å². The van der Waals surface area contributed by atoms with E-state index in [1.54, 1.807) is 11.8 Å². The number of aryl methyl sites for hydroxylation is 1. The maximum Gasteiger partial charge on any atom is 0.250 e. The molecule has 1 fully saturated rings. The number of hydrogen-bond acceptors (Lipinski definition) is 2. The number of nitrogens with one attached hydrogen (secondary N) is 1. The monoisotopic (exact) mass is 352 g/mol. The van der Waals surface area contributed by atoms with Crippen LogP contribution in [0.2, 0.25) is 0 Å². The molecule has 0 saturated carbocycles. The topological polar surface area (TPSA) is 49.4 Å². The lowest BCUT2D eigenvalue weighted by Gasteiger charge is -2.38. The van der Waals surface area contributed by atoms with Crippen molar-refractivity contribution in [3.63, 3.8) is 0 Å². The van der Waals surface area contributed by atoms with E-state index < -0.39 is 12.1 Å². The number of carbonyl (C=O) groups excluding carboxylic acids is 2. The summed E-state index contributed by atoms with van der Waals surface area (Å²) in [5.74, 6) is 0.211. The first kappa shape index (κ1) is 16.0. The number of amides is 2. The van der Waals surface area contributed by atoms with Gasteiger partial charge in [0.25, 0.3) is 0 Å². The summed E-state index contributed by atoms with van der Waals surface area (Å²) in [4.78, 5) is 26.5. The number of halogens is 1. The molecule has 0 aliphatic carbocycles. The van der Waals surface area contributed by atoms with Crippen molar-refractivity contribution in [2.75, 3.05) is 4.90 Å². The molecule has 114 valence electrons. The van der Waals surface area contributed by atoms with E-state index in [0.717, 1.165) is 15.7 Å². The van der Waals surface area contributed by atoms with Gasteiger partial charge in [-0.05, 0) is 43.9 Å². The molecule has 0 radical (unpaired) electrons. The largest absolute Gasteiger partial charge is 0.342 e. The van der Waals surface area contributed by atoms with Crippen molar-refractivity contribution in [1.29, 1.82) is 0 Å². The summed E-state index contributed by atoms with van der Waals surface area (Å²) in [6, 6.07) is 4.81. The third-order valence-electron chi connectivity index (χ3n) is 3.76. The van der Waals surface area contributed by atoms with Crippen LogP contribution in [0.25, 0.3) is 0 Å². The molecule has 21 heavy (non-hydrogen) atoms. The predicted molar refractivity (Wildman–Crippen MR) is 87.2 cm³/mol. The summed E-state index contributed by atoms with van der Waals surface area (Å²) in [5.41, 5.74) is 1.85. The molecule has 1 aromatic carbocycles. The van der Waals surface area contributed by atoms with Crippen LogP contribution in [0.1, 0.15) is 32.8 Å². The minimum Gasteiger partial charge on any atom is -0.342 e. The summed E-state index contributed by atoms with van der Waals surface area (Å²) in [5, 5.41) is 2.83. The third-order valence-corrected chi connectivity index (χ3v) is 4.61. The Morgan fingerprint density at radius 1 is 1.33 bits per heavy atom. The third kappa shape index (κ3) is 3.28. The van der Waals surface area contributed by atoms with Gasteiger partial charge in [0.1, 0.15) is 12.1 Å². The van der Waals surface area contributed by atoms with Gasteiger partial charge in [0, 0.05) is 10.2 Å². The first-order chi connectivity index (χ1) is 9.81. The van der Waals surface area contributed by atoms with Crippen LogP contribution < -0.4 is 10.2 Å². The van der Waals surface area contributed by atoms with Gasteiger partial charge in [-0.3, -0.25) is 14.5 Å². The zero-order valence-electron chi connectivity index (χ0n) is 12.8. The van der Waals surface area contributed by atoms with Gasteiger partial charge >= 0.3 is 0 Å². The summed E-state index contributed by atoms with van der Waals surface area (Å²) >= 11 is 3.48. The number of piperazine rings is 1. The quantitative estimate of drug-likeness (QED) is 0.908. The molecule has 4 nitrogen and oxygen atoms in total. The van der Waals surface area contributed by atoms with Gasteiger partial charge in [0.15, 0.2) is 0 Å². The Morgan fingerprint density at radius 2 is 2.00 bits per heavy atom. The van der Waals surface area contributed by atoms with Crippen LogP contribution in [0.5, 0.6) is 0 Å². The fraction of sp³-hybridized carbons (Fsp3) is 0.500. The molecule has 0 spiro atoms. The number of carbonyl (C=O) groups is 2. The Kier molecular flexibility index (Phi) is 4.71. The molecule has 2 amide bonds. The van der Waals surface area contributed by atoms with Gasteiger partial charge in [0.2, 0.25) is 11.8 Å². The zero-order valence-corrected chi connectivity index (χ0v) is 14.4. The average molecular weight is 353 g/mol. The van der Waals surface area contributed by atoms with Crippen molar-refractivity contribution in [3.8, 4) is 0 Å².